The predicted molar refractivity (Wildman–Crippen MR) is 90.8 cm³/mol. The normalized spacial score (nSPS) is 10.3. The Morgan fingerprint density at radius 2 is 1.90 bits per heavy atom. The van der Waals surface area contributed by atoms with Gasteiger partial charge in [-0.25, -0.2) is 0 Å². The van der Waals surface area contributed by atoms with E-state index in [-0.39, 0.29) is 0 Å². The Morgan fingerprint density at radius 1 is 1.14 bits per heavy atom. The van der Waals surface area contributed by atoms with Crippen LogP contribution in [-0.4, -0.2) is 14.2 Å². The smallest absolute Gasteiger partial charge is 0.179 e. The van der Waals surface area contributed by atoms with E-state index in [4.69, 9.17) is 21.1 Å². The van der Waals surface area contributed by atoms with E-state index in [0.717, 1.165) is 15.7 Å². The van der Waals surface area contributed by atoms with Crippen LogP contribution in [0.2, 0.25) is 5.02 Å². The molecule has 1 N–H and O–H groups in total. The van der Waals surface area contributed by atoms with E-state index in [0.29, 0.717) is 23.1 Å². The van der Waals surface area contributed by atoms with Crippen molar-refractivity contribution in [1.82, 2.24) is 0 Å². The van der Waals surface area contributed by atoms with Gasteiger partial charge in [0.15, 0.2) is 11.5 Å². The Labute approximate surface area is 138 Å². The number of ether oxygens (including phenoxy) is 2. The number of hydrogen-bond donors (Lipinski definition) is 1. The number of nitrogens with one attached hydrogen (secondary N) is 1. The number of aryl methyl sites for hydroxylation is 1. The summed E-state index contributed by atoms with van der Waals surface area (Å²) in [7, 11) is 3.18. The third-order valence-electron chi connectivity index (χ3n) is 3.09. The molecule has 0 spiro atoms. The van der Waals surface area contributed by atoms with Crippen molar-refractivity contribution in [3.8, 4) is 11.5 Å². The second kappa shape index (κ2) is 7.05. The molecular weight excluding hydrogens is 354 g/mol. The van der Waals surface area contributed by atoms with Crippen molar-refractivity contribution in [3.63, 3.8) is 0 Å². The molecule has 2 rings (SSSR count). The number of hydrogen-bond acceptors (Lipinski definition) is 3. The average molecular weight is 371 g/mol. The van der Waals surface area contributed by atoms with Crippen LogP contribution < -0.4 is 14.8 Å². The lowest BCUT2D eigenvalue weighted by molar-refractivity contribution is 0.355. The maximum absolute atomic E-state index is 6.37. The first kappa shape index (κ1) is 16.0. The molecule has 0 fully saturated rings. The first-order chi connectivity index (χ1) is 10.0. The van der Waals surface area contributed by atoms with Crippen molar-refractivity contribution >= 4 is 33.2 Å². The van der Waals surface area contributed by atoms with Gasteiger partial charge in [0.1, 0.15) is 0 Å². The summed E-state index contributed by atoms with van der Waals surface area (Å²) >= 11 is 9.86. The van der Waals surface area contributed by atoms with E-state index < -0.39 is 0 Å². The molecule has 0 saturated carbocycles. The number of methoxy groups -OCH3 is 2. The molecule has 2 aromatic carbocycles. The zero-order valence-corrected chi connectivity index (χ0v) is 14.5. The summed E-state index contributed by atoms with van der Waals surface area (Å²) in [6.45, 7) is 2.66. The van der Waals surface area contributed by atoms with Gasteiger partial charge in [0.2, 0.25) is 0 Å². The molecule has 0 radical (unpaired) electrons. The minimum Gasteiger partial charge on any atom is -0.493 e. The Bertz CT molecular complexity index is 626. The molecular formula is C16H17BrClNO2. The Kier molecular flexibility index (Phi) is 5.37. The van der Waals surface area contributed by atoms with Crippen LogP contribution in [0.5, 0.6) is 11.5 Å². The predicted octanol–water partition coefficient (Wildman–Crippen LogP) is 5.04. The number of anilines is 1. The van der Waals surface area contributed by atoms with Gasteiger partial charge in [-0.15, -0.1) is 0 Å². The fraction of sp³-hybridized carbons (Fsp3) is 0.250. The first-order valence-corrected chi connectivity index (χ1v) is 7.62. The quantitative estimate of drug-likeness (QED) is 0.800. The molecule has 0 aromatic heterocycles. The Morgan fingerprint density at radius 3 is 2.52 bits per heavy atom. The molecule has 21 heavy (non-hydrogen) atoms. The second-order valence-corrected chi connectivity index (χ2v) is 5.94. The number of rotatable bonds is 5. The van der Waals surface area contributed by atoms with Crippen molar-refractivity contribution in [3.05, 3.63) is 51.0 Å². The maximum Gasteiger partial charge on any atom is 0.179 e. The molecule has 0 bridgehead atoms. The van der Waals surface area contributed by atoms with Crippen LogP contribution in [0.1, 0.15) is 11.1 Å². The van der Waals surface area contributed by atoms with Crippen LogP contribution in [0.15, 0.2) is 34.8 Å². The highest BCUT2D eigenvalue weighted by atomic mass is 79.9. The summed E-state index contributed by atoms with van der Waals surface area (Å²) in [5.74, 6) is 1.19. The van der Waals surface area contributed by atoms with E-state index in [9.17, 15) is 0 Å². The maximum atomic E-state index is 6.37. The molecule has 0 atom stereocenters. The Balaban J connectivity index is 2.20. The summed E-state index contributed by atoms with van der Waals surface area (Å²) < 4.78 is 11.6. The monoisotopic (exact) mass is 369 g/mol. The molecule has 0 aliphatic heterocycles. The highest BCUT2D eigenvalue weighted by Crippen LogP contribution is 2.37. The minimum atomic E-state index is 0.559. The fourth-order valence-corrected chi connectivity index (χ4v) is 3.01. The zero-order chi connectivity index (χ0) is 15.4. The van der Waals surface area contributed by atoms with Crippen LogP contribution in [0.25, 0.3) is 0 Å². The van der Waals surface area contributed by atoms with Crippen LogP contribution in [0, 0.1) is 6.92 Å². The highest BCUT2D eigenvalue weighted by molar-refractivity contribution is 9.10. The van der Waals surface area contributed by atoms with Crippen LogP contribution in [0.4, 0.5) is 5.69 Å². The molecule has 5 heteroatoms. The van der Waals surface area contributed by atoms with Gasteiger partial charge in [0.05, 0.1) is 19.2 Å². The second-order valence-electron chi connectivity index (χ2n) is 4.64. The largest absolute Gasteiger partial charge is 0.493 e. The Hall–Kier alpha value is -1.39. The van der Waals surface area contributed by atoms with E-state index in [2.05, 4.69) is 40.3 Å². The van der Waals surface area contributed by atoms with E-state index >= 15 is 0 Å². The molecule has 112 valence electrons. The number of halogens is 2. The van der Waals surface area contributed by atoms with Crippen molar-refractivity contribution in [2.24, 2.45) is 0 Å². The number of benzene rings is 2. The average Bonchev–Trinajstić information content (AvgIpc) is 2.44. The zero-order valence-electron chi connectivity index (χ0n) is 12.2. The van der Waals surface area contributed by atoms with Gasteiger partial charge in [-0.05, 0) is 42.3 Å². The first-order valence-electron chi connectivity index (χ1n) is 6.45. The molecule has 0 unspecified atom stereocenters. The van der Waals surface area contributed by atoms with E-state index in [1.807, 2.05) is 18.2 Å². The molecule has 0 saturated heterocycles. The minimum absolute atomic E-state index is 0.559. The van der Waals surface area contributed by atoms with Crippen LogP contribution in [0.3, 0.4) is 0 Å². The van der Waals surface area contributed by atoms with E-state index in [1.165, 1.54) is 5.56 Å². The topological polar surface area (TPSA) is 30.5 Å². The van der Waals surface area contributed by atoms with Crippen molar-refractivity contribution in [1.29, 1.82) is 0 Å². The molecule has 0 aliphatic carbocycles. The van der Waals surface area contributed by atoms with Crippen molar-refractivity contribution < 1.29 is 9.47 Å². The summed E-state index contributed by atoms with van der Waals surface area (Å²) in [6.07, 6.45) is 0. The molecule has 0 heterocycles. The fourth-order valence-electron chi connectivity index (χ4n) is 2.10. The highest BCUT2D eigenvalue weighted by Gasteiger charge is 2.12. The molecule has 3 nitrogen and oxygen atoms in total. The van der Waals surface area contributed by atoms with Gasteiger partial charge in [-0.1, -0.05) is 33.6 Å². The van der Waals surface area contributed by atoms with Gasteiger partial charge in [0.25, 0.3) is 0 Å². The van der Waals surface area contributed by atoms with Crippen LogP contribution >= 0.6 is 27.5 Å². The van der Waals surface area contributed by atoms with Gasteiger partial charge in [-0.3, -0.25) is 0 Å². The van der Waals surface area contributed by atoms with Crippen molar-refractivity contribution in [2.45, 2.75) is 13.5 Å². The molecule has 0 aliphatic rings. The summed E-state index contributed by atoms with van der Waals surface area (Å²) in [5, 5.41) is 3.93. The van der Waals surface area contributed by atoms with Gasteiger partial charge in [0, 0.05) is 16.7 Å². The SMILES string of the molecule is COc1ccc(CNc2cc(C)cc(Br)c2)c(Cl)c1OC. The lowest BCUT2D eigenvalue weighted by atomic mass is 10.1. The van der Waals surface area contributed by atoms with Gasteiger partial charge < -0.3 is 14.8 Å². The lowest BCUT2D eigenvalue weighted by Crippen LogP contribution is -2.02. The molecule has 2 aromatic rings. The summed E-state index contributed by atoms with van der Waals surface area (Å²) in [4.78, 5) is 0. The van der Waals surface area contributed by atoms with Crippen LogP contribution in [-0.2, 0) is 6.54 Å². The standard InChI is InChI=1S/C16H17BrClNO2/c1-10-6-12(17)8-13(7-10)19-9-11-4-5-14(20-2)16(21-3)15(11)18/h4-8,19H,9H2,1-3H3. The third kappa shape index (κ3) is 3.83. The molecule has 0 amide bonds. The lowest BCUT2D eigenvalue weighted by Gasteiger charge is -2.14. The summed E-state index contributed by atoms with van der Waals surface area (Å²) in [6, 6.07) is 9.96. The van der Waals surface area contributed by atoms with Gasteiger partial charge >= 0.3 is 0 Å². The van der Waals surface area contributed by atoms with Crippen molar-refractivity contribution in [2.75, 3.05) is 19.5 Å². The summed E-state index contributed by atoms with van der Waals surface area (Å²) in [5.41, 5.74) is 3.17. The van der Waals surface area contributed by atoms with Gasteiger partial charge in [-0.2, -0.15) is 0 Å². The third-order valence-corrected chi connectivity index (χ3v) is 3.96. The van der Waals surface area contributed by atoms with E-state index in [1.54, 1.807) is 14.2 Å².